The van der Waals surface area contributed by atoms with Crippen molar-refractivity contribution in [1.29, 1.82) is 0 Å². The molecular weight excluding hydrogens is 323 g/mol. The number of thiazole rings is 1. The maximum atomic E-state index is 13.0. The van der Waals surface area contributed by atoms with Gasteiger partial charge in [-0.1, -0.05) is 24.3 Å². The first-order chi connectivity index (χ1) is 11.7. The molecule has 0 saturated carbocycles. The minimum atomic E-state index is -0.232. The maximum absolute atomic E-state index is 13.0. The van der Waals surface area contributed by atoms with Crippen LogP contribution in [0.1, 0.15) is 16.8 Å². The molecule has 0 amide bonds. The van der Waals surface area contributed by atoms with E-state index in [1.165, 1.54) is 17.7 Å². The van der Waals surface area contributed by atoms with Crippen molar-refractivity contribution in [2.45, 2.75) is 19.6 Å². The van der Waals surface area contributed by atoms with Crippen molar-refractivity contribution in [1.82, 2.24) is 10.3 Å². The molecule has 0 radical (unpaired) electrons. The zero-order valence-electron chi connectivity index (χ0n) is 13.2. The number of halogens is 1. The van der Waals surface area contributed by atoms with Crippen LogP contribution in [0.2, 0.25) is 0 Å². The number of aliphatic hydroxyl groups excluding tert-OH is 1. The summed E-state index contributed by atoms with van der Waals surface area (Å²) in [5.41, 5.74) is 4.11. The first-order valence-electron chi connectivity index (χ1n) is 7.84. The monoisotopic (exact) mass is 342 g/mol. The lowest BCUT2D eigenvalue weighted by Gasteiger charge is -2.04. The Morgan fingerprint density at radius 3 is 2.42 bits per heavy atom. The van der Waals surface area contributed by atoms with Gasteiger partial charge in [0.25, 0.3) is 0 Å². The fourth-order valence-electron chi connectivity index (χ4n) is 2.37. The van der Waals surface area contributed by atoms with Crippen LogP contribution in [0.15, 0.2) is 53.9 Å². The van der Waals surface area contributed by atoms with Gasteiger partial charge in [-0.3, -0.25) is 0 Å². The molecule has 3 nitrogen and oxygen atoms in total. The van der Waals surface area contributed by atoms with E-state index in [1.54, 1.807) is 23.5 Å². The zero-order valence-corrected chi connectivity index (χ0v) is 14.0. The Hall–Kier alpha value is -2.08. The van der Waals surface area contributed by atoms with Crippen LogP contribution < -0.4 is 5.32 Å². The standard InChI is InChI=1S/C19H19FN2OS/c20-17-7-5-16(6-8-17)19-22-18(13-24-19)11-21-10-9-14-1-3-15(12-23)4-2-14/h1-8,13,21,23H,9-12H2. The molecule has 0 aliphatic carbocycles. The average Bonchev–Trinajstić information content (AvgIpc) is 3.09. The second kappa shape index (κ2) is 8.15. The Kier molecular flexibility index (Phi) is 5.69. The van der Waals surface area contributed by atoms with Gasteiger partial charge in [-0.15, -0.1) is 11.3 Å². The van der Waals surface area contributed by atoms with Crippen LogP contribution in [0, 0.1) is 5.82 Å². The molecule has 2 N–H and O–H groups in total. The summed E-state index contributed by atoms with van der Waals surface area (Å²) in [5, 5.41) is 15.4. The number of hydrogen-bond donors (Lipinski definition) is 2. The van der Waals surface area contributed by atoms with Gasteiger partial charge in [-0.25, -0.2) is 9.37 Å². The molecular formula is C19H19FN2OS. The third-order valence-corrected chi connectivity index (χ3v) is 4.69. The van der Waals surface area contributed by atoms with Crippen molar-refractivity contribution in [3.05, 3.63) is 76.5 Å². The normalized spacial score (nSPS) is 10.9. The van der Waals surface area contributed by atoms with Crippen LogP contribution in [0.25, 0.3) is 10.6 Å². The van der Waals surface area contributed by atoms with E-state index in [0.717, 1.165) is 34.8 Å². The highest BCUT2D eigenvalue weighted by atomic mass is 32.1. The molecule has 5 heteroatoms. The van der Waals surface area contributed by atoms with Gasteiger partial charge in [-0.05, 0) is 48.4 Å². The fourth-order valence-corrected chi connectivity index (χ4v) is 3.20. The molecule has 0 spiro atoms. The van der Waals surface area contributed by atoms with Crippen molar-refractivity contribution < 1.29 is 9.50 Å². The van der Waals surface area contributed by atoms with Gasteiger partial charge in [0.2, 0.25) is 0 Å². The molecule has 0 aliphatic heterocycles. The Labute approximate surface area is 144 Å². The summed E-state index contributed by atoms with van der Waals surface area (Å²) in [6, 6.07) is 14.4. The Balaban J connectivity index is 1.47. The summed E-state index contributed by atoms with van der Waals surface area (Å²) in [6.07, 6.45) is 0.931. The van der Waals surface area contributed by atoms with E-state index in [2.05, 4.69) is 10.3 Å². The van der Waals surface area contributed by atoms with Gasteiger partial charge in [0, 0.05) is 17.5 Å². The zero-order chi connectivity index (χ0) is 16.8. The van der Waals surface area contributed by atoms with Crippen LogP contribution in [-0.4, -0.2) is 16.6 Å². The second-order valence-electron chi connectivity index (χ2n) is 5.55. The van der Waals surface area contributed by atoms with E-state index < -0.39 is 0 Å². The third-order valence-electron chi connectivity index (χ3n) is 3.75. The lowest BCUT2D eigenvalue weighted by molar-refractivity contribution is 0.282. The number of benzene rings is 2. The second-order valence-corrected chi connectivity index (χ2v) is 6.41. The molecule has 0 atom stereocenters. The van der Waals surface area contributed by atoms with Crippen LogP contribution in [0.3, 0.4) is 0 Å². The number of rotatable bonds is 7. The molecule has 1 aromatic heterocycles. The summed E-state index contributed by atoms with van der Waals surface area (Å²) < 4.78 is 13.0. The highest BCUT2D eigenvalue weighted by Gasteiger charge is 2.05. The van der Waals surface area contributed by atoms with Crippen molar-refractivity contribution in [3.63, 3.8) is 0 Å². The number of nitrogens with zero attached hydrogens (tertiary/aromatic N) is 1. The lowest BCUT2D eigenvalue weighted by atomic mass is 10.1. The number of aliphatic hydroxyl groups is 1. The highest BCUT2D eigenvalue weighted by molar-refractivity contribution is 7.13. The molecule has 0 unspecified atom stereocenters. The van der Waals surface area contributed by atoms with E-state index in [9.17, 15) is 4.39 Å². The summed E-state index contributed by atoms with van der Waals surface area (Å²) >= 11 is 1.57. The lowest BCUT2D eigenvalue weighted by Crippen LogP contribution is -2.16. The van der Waals surface area contributed by atoms with Gasteiger partial charge in [0.05, 0.1) is 12.3 Å². The van der Waals surface area contributed by atoms with E-state index in [4.69, 9.17) is 5.11 Å². The Morgan fingerprint density at radius 1 is 1.00 bits per heavy atom. The SMILES string of the molecule is OCc1ccc(CCNCc2csc(-c3ccc(F)cc3)n2)cc1. The minimum Gasteiger partial charge on any atom is -0.392 e. The van der Waals surface area contributed by atoms with Crippen molar-refractivity contribution >= 4 is 11.3 Å². The van der Waals surface area contributed by atoms with Gasteiger partial charge in [0.1, 0.15) is 10.8 Å². The van der Waals surface area contributed by atoms with Crippen molar-refractivity contribution in [2.24, 2.45) is 0 Å². The summed E-state index contributed by atoms with van der Waals surface area (Å²) in [7, 11) is 0. The summed E-state index contributed by atoms with van der Waals surface area (Å²) in [5.74, 6) is -0.232. The van der Waals surface area contributed by atoms with E-state index in [1.807, 2.05) is 29.6 Å². The molecule has 3 aromatic rings. The molecule has 0 aliphatic rings. The molecule has 124 valence electrons. The topological polar surface area (TPSA) is 45.1 Å². The molecule has 1 heterocycles. The van der Waals surface area contributed by atoms with Gasteiger partial charge in [0.15, 0.2) is 0 Å². The van der Waals surface area contributed by atoms with E-state index in [-0.39, 0.29) is 12.4 Å². The van der Waals surface area contributed by atoms with Crippen LogP contribution in [0.4, 0.5) is 4.39 Å². The first kappa shape index (κ1) is 16.8. The largest absolute Gasteiger partial charge is 0.392 e. The molecule has 2 aromatic carbocycles. The van der Waals surface area contributed by atoms with Crippen molar-refractivity contribution in [2.75, 3.05) is 6.54 Å². The predicted molar refractivity (Wildman–Crippen MR) is 95.3 cm³/mol. The molecule has 0 saturated heterocycles. The maximum Gasteiger partial charge on any atom is 0.123 e. The van der Waals surface area contributed by atoms with E-state index >= 15 is 0 Å². The molecule has 0 bridgehead atoms. The number of nitrogens with one attached hydrogen (secondary N) is 1. The van der Waals surface area contributed by atoms with Crippen LogP contribution in [0.5, 0.6) is 0 Å². The first-order valence-corrected chi connectivity index (χ1v) is 8.72. The quantitative estimate of drug-likeness (QED) is 0.643. The predicted octanol–water partition coefficient (Wildman–Crippen LogP) is 3.77. The summed E-state index contributed by atoms with van der Waals surface area (Å²) in [6.45, 7) is 1.66. The summed E-state index contributed by atoms with van der Waals surface area (Å²) in [4.78, 5) is 4.58. The van der Waals surface area contributed by atoms with Gasteiger partial charge >= 0.3 is 0 Å². The third kappa shape index (κ3) is 4.47. The van der Waals surface area contributed by atoms with Gasteiger partial charge in [-0.2, -0.15) is 0 Å². The van der Waals surface area contributed by atoms with Crippen LogP contribution in [-0.2, 0) is 19.6 Å². The van der Waals surface area contributed by atoms with E-state index in [0.29, 0.717) is 6.54 Å². The average molecular weight is 342 g/mol. The smallest absolute Gasteiger partial charge is 0.123 e. The molecule has 3 rings (SSSR count). The van der Waals surface area contributed by atoms with Gasteiger partial charge < -0.3 is 10.4 Å². The Morgan fingerprint density at radius 2 is 1.71 bits per heavy atom. The molecule has 0 fully saturated rings. The Bertz CT molecular complexity index is 769. The van der Waals surface area contributed by atoms with Crippen LogP contribution >= 0.6 is 11.3 Å². The molecule has 24 heavy (non-hydrogen) atoms. The number of hydrogen-bond acceptors (Lipinski definition) is 4. The highest BCUT2D eigenvalue weighted by Crippen LogP contribution is 2.23. The number of aromatic nitrogens is 1. The fraction of sp³-hybridized carbons (Fsp3) is 0.211. The minimum absolute atomic E-state index is 0.0821. The van der Waals surface area contributed by atoms with Crippen molar-refractivity contribution in [3.8, 4) is 10.6 Å².